The average molecular weight is 290 g/mol. The first-order chi connectivity index (χ1) is 9.39. The van der Waals surface area contributed by atoms with Crippen molar-refractivity contribution in [1.82, 2.24) is 9.55 Å². The number of hydrogen-bond donors (Lipinski definition) is 0. The lowest BCUT2D eigenvalue weighted by molar-refractivity contribution is 0.610. The SMILES string of the molecule is c1ccc(C2(CCn3ccnc3)SCCCS2)cc1. The van der Waals surface area contributed by atoms with E-state index >= 15 is 0 Å². The van der Waals surface area contributed by atoms with Gasteiger partial charge in [-0.05, 0) is 29.9 Å². The van der Waals surface area contributed by atoms with Gasteiger partial charge in [-0.2, -0.15) is 0 Å². The zero-order valence-electron chi connectivity index (χ0n) is 10.9. The number of thioether (sulfide) groups is 2. The molecule has 1 saturated heterocycles. The minimum absolute atomic E-state index is 0.226. The number of aromatic nitrogens is 2. The summed E-state index contributed by atoms with van der Waals surface area (Å²) in [6.07, 6.45) is 8.31. The molecule has 0 saturated carbocycles. The van der Waals surface area contributed by atoms with Crippen LogP contribution in [0.1, 0.15) is 18.4 Å². The van der Waals surface area contributed by atoms with E-state index in [1.807, 2.05) is 12.5 Å². The van der Waals surface area contributed by atoms with Crippen molar-refractivity contribution in [1.29, 1.82) is 0 Å². The Morgan fingerprint density at radius 3 is 2.63 bits per heavy atom. The van der Waals surface area contributed by atoms with Gasteiger partial charge >= 0.3 is 0 Å². The molecule has 4 heteroatoms. The quantitative estimate of drug-likeness (QED) is 0.847. The van der Waals surface area contributed by atoms with Crippen LogP contribution in [0.25, 0.3) is 0 Å². The minimum Gasteiger partial charge on any atom is -0.337 e. The lowest BCUT2D eigenvalue weighted by atomic mass is 10.1. The lowest BCUT2D eigenvalue weighted by Crippen LogP contribution is -2.24. The maximum atomic E-state index is 4.13. The maximum Gasteiger partial charge on any atom is 0.0945 e. The first-order valence-electron chi connectivity index (χ1n) is 6.68. The predicted octanol–water partition coefficient (Wildman–Crippen LogP) is 4.00. The smallest absolute Gasteiger partial charge is 0.0945 e. The summed E-state index contributed by atoms with van der Waals surface area (Å²) >= 11 is 4.23. The van der Waals surface area contributed by atoms with Crippen LogP contribution < -0.4 is 0 Å². The van der Waals surface area contributed by atoms with Gasteiger partial charge in [0.25, 0.3) is 0 Å². The summed E-state index contributed by atoms with van der Waals surface area (Å²) in [4.78, 5) is 4.13. The fourth-order valence-corrected chi connectivity index (χ4v) is 5.75. The maximum absolute atomic E-state index is 4.13. The monoisotopic (exact) mass is 290 g/mol. The van der Waals surface area contributed by atoms with E-state index in [0.717, 1.165) is 13.0 Å². The summed E-state index contributed by atoms with van der Waals surface area (Å²) in [6.45, 7) is 1.04. The molecular weight excluding hydrogens is 272 g/mol. The highest BCUT2D eigenvalue weighted by Gasteiger charge is 2.35. The molecular formula is C15H18N2S2. The Bertz CT molecular complexity index is 490. The number of benzene rings is 1. The van der Waals surface area contributed by atoms with Crippen LogP contribution in [-0.2, 0) is 10.6 Å². The van der Waals surface area contributed by atoms with Crippen molar-refractivity contribution in [2.24, 2.45) is 0 Å². The topological polar surface area (TPSA) is 17.8 Å². The number of nitrogens with zero attached hydrogens (tertiary/aromatic N) is 2. The van der Waals surface area contributed by atoms with Crippen LogP contribution in [0, 0.1) is 0 Å². The van der Waals surface area contributed by atoms with E-state index in [0.29, 0.717) is 0 Å². The summed E-state index contributed by atoms with van der Waals surface area (Å²) in [7, 11) is 0. The molecule has 2 aromatic rings. The largest absolute Gasteiger partial charge is 0.337 e. The Balaban J connectivity index is 1.80. The molecule has 0 amide bonds. The van der Waals surface area contributed by atoms with Gasteiger partial charge in [0.15, 0.2) is 0 Å². The van der Waals surface area contributed by atoms with Crippen molar-refractivity contribution < 1.29 is 0 Å². The van der Waals surface area contributed by atoms with Crippen LogP contribution in [0.4, 0.5) is 0 Å². The summed E-state index contributed by atoms with van der Waals surface area (Å²) in [5.41, 5.74) is 1.46. The van der Waals surface area contributed by atoms with Crippen LogP contribution in [0.5, 0.6) is 0 Å². The molecule has 0 bridgehead atoms. The van der Waals surface area contributed by atoms with Gasteiger partial charge in [-0.15, -0.1) is 23.5 Å². The average Bonchev–Trinajstić information content (AvgIpc) is 3.01. The molecule has 3 rings (SSSR count). The highest BCUT2D eigenvalue weighted by atomic mass is 32.2. The van der Waals surface area contributed by atoms with E-state index in [4.69, 9.17) is 0 Å². The van der Waals surface area contributed by atoms with Gasteiger partial charge in [0, 0.05) is 18.9 Å². The summed E-state index contributed by atoms with van der Waals surface area (Å²) in [5, 5.41) is 0. The number of rotatable bonds is 4. The highest BCUT2D eigenvalue weighted by Crippen LogP contribution is 2.52. The highest BCUT2D eigenvalue weighted by molar-refractivity contribution is 8.18. The van der Waals surface area contributed by atoms with Crippen LogP contribution in [-0.4, -0.2) is 21.1 Å². The summed E-state index contributed by atoms with van der Waals surface area (Å²) in [6, 6.07) is 11.0. The normalized spacial score (nSPS) is 18.3. The van der Waals surface area contributed by atoms with Crippen molar-refractivity contribution in [3.63, 3.8) is 0 Å². The second-order valence-electron chi connectivity index (χ2n) is 4.72. The van der Waals surface area contributed by atoms with E-state index in [-0.39, 0.29) is 4.08 Å². The minimum atomic E-state index is 0.226. The lowest BCUT2D eigenvalue weighted by Gasteiger charge is -2.36. The Morgan fingerprint density at radius 2 is 1.95 bits per heavy atom. The van der Waals surface area contributed by atoms with E-state index in [9.17, 15) is 0 Å². The van der Waals surface area contributed by atoms with Crippen molar-refractivity contribution in [2.75, 3.05) is 11.5 Å². The summed E-state index contributed by atoms with van der Waals surface area (Å²) < 4.78 is 2.41. The molecule has 1 aliphatic heterocycles. The van der Waals surface area contributed by atoms with Crippen molar-refractivity contribution >= 4 is 23.5 Å². The van der Waals surface area contributed by atoms with Crippen LogP contribution >= 0.6 is 23.5 Å². The molecule has 1 aromatic heterocycles. The van der Waals surface area contributed by atoms with Crippen molar-refractivity contribution in [3.8, 4) is 0 Å². The Labute approximate surface area is 123 Å². The van der Waals surface area contributed by atoms with Gasteiger partial charge in [-0.25, -0.2) is 4.98 Å². The molecule has 0 aliphatic carbocycles. The zero-order chi connectivity index (χ0) is 13.0. The Kier molecular flexibility index (Phi) is 4.18. The van der Waals surface area contributed by atoms with Gasteiger partial charge in [0.1, 0.15) is 0 Å². The van der Waals surface area contributed by atoms with Gasteiger partial charge in [-0.3, -0.25) is 0 Å². The standard InChI is InChI=1S/C15H18N2S2/c1-2-5-14(6-3-1)15(18-11-4-12-19-15)7-9-17-10-8-16-13-17/h1-3,5-6,8,10,13H,4,7,9,11-12H2. The van der Waals surface area contributed by atoms with Gasteiger partial charge in [-0.1, -0.05) is 30.3 Å². The van der Waals surface area contributed by atoms with E-state index in [2.05, 4.69) is 69.6 Å². The van der Waals surface area contributed by atoms with Crippen LogP contribution in [0.3, 0.4) is 0 Å². The second kappa shape index (κ2) is 6.06. The molecule has 1 fully saturated rings. The van der Waals surface area contributed by atoms with Crippen LogP contribution in [0.15, 0.2) is 49.1 Å². The fourth-order valence-electron chi connectivity index (χ4n) is 2.42. The fraction of sp³-hybridized carbons (Fsp3) is 0.400. The predicted molar refractivity (Wildman–Crippen MR) is 84.5 cm³/mol. The molecule has 2 nitrogen and oxygen atoms in total. The van der Waals surface area contributed by atoms with Gasteiger partial charge in [0.05, 0.1) is 10.4 Å². The molecule has 2 heterocycles. The molecule has 19 heavy (non-hydrogen) atoms. The van der Waals surface area contributed by atoms with Crippen LogP contribution in [0.2, 0.25) is 0 Å². The number of hydrogen-bond acceptors (Lipinski definition) is 3. The van der Waals surface area contributed by atoms with E-state index in [1.165, 1.54) is 23.5 Å². The second-order valence-corrected chi connectivity index (χ2v) is 7.77. The number of imidazole rings is 1. The molecule has 1 aromatic carbocycles. The molecule has 100 valence electrons. The molecule has 0 spiro atoms. The molecule has 0 radical (unpaired) electrons. The van der Waals surface area contributed by atoms with Crippen molar-refractivity contribution in [3.05, 3.63) is 54.6 Å². The van der Waals surface area contributed by atoms with Gasteiger partial charge in [0.2, 0.25) is 0 Å². The third-order valence-electron chi connectivity index (χ3n) is 3.43. The van der Waals surface area contributed by atoms with E-state index in [1.54, 1.807) is 0 Å². The first kappa shape index (κ1) is 13.1. The summed E-state index contributed by atoms with van der Waals surface area (Å²) in [5.74, 6) is 2.54. The Hall–Kier alpha value is -0.870. The third-order valence-corrected chi connectivity index (χ3v) is 6.94. The number of aryl methyl sites for hydroxylation is 1. The Morgan fingerprint density at radius 1 is 1.16 bits per heavy atom. The molecule has 0 N–H and O–H groups in total. The first-order valence-corrected chi connectivity index (χ1v) is 8.65. The van der Waals surface area contributed by atoms with Gasteiger partial charge < -0.3 is 4.57 Å². The van der Waals surface area contributed by atoms with Crippen molar-refractivity contribution in [2.45, 2.75) is 23.5 Å². The van der Waals surface area contributed by atoms with E-state index < -0.39 is 0 Å². The molecule has 1 aliphatic rings. The zero-order valence-corrected chi connectivity index (χ0v) is 12.5. The third kappa shape index (κ3) is 3.00. The molecule has 0 unspecified atom stereocenters. The molecule has 0 atom stereocenters.